The molecule has 0 saturated carbocycles. The molecule has 3 rings (SSSR count). The molecule has 0 spiro atoms. The summed E-state index contributed by atoms with van der Waals surface area (Å²) in [6, 6.07) is 3.88. The maximum absolute atomic E-state index is 11.2. The number of fused-ring (bicyclic) bond motifs is 2. The van der Waals surface area contributed by atoms with Gasteiger partial charge in [-0.2, -0.15) is 0 Å². The van der Waals surface area contributed by atoms with E-state index in [1.54, 1.807) is 13.1 Å². The molecule has 2 aliphatic heterocycles. The largest absolute Gasteiger partial charge is 0.298 e. The summed E-state index contributed by atoms with van der Waals surface area (Å²) in [5, 5.41) is 1.95. The van der Waals surface area contributed by atoms with E-state index in [2.05, 4.69) is 9.98 Å². The highest BCUT2D eigenvalue weighted by atomic mass is 16.1. The highest BCUT2D eigenvalue weighted by molar-refractivity contribution is 5.82. The zero-order valence-corrected chi connectivity index (χ0v) is 8.40. The van der Waals surface area contributed by atoms with Gasteiger partial charge in [-0.05, 0) is 30.7 Å². The van der Waals surface area contributed by atoms with Gasteiger partial charge in [0.25, 0.3) is 0 Å². The van der Waals surface area contributed by atoms with Crippen molar-refractivity contribution in [2.24, 2.45) is 9.98 Å². The molecular weight excluding hydrogens is 188 g/mol. The molecule has 1 aromatic carbocycles. The Morgan fingerprint density at radius 1 is 1.40 bits per heavy atom. The summed E-state index contributed by atoms with van der Waals surface area (Å²) < 4.78 is 0. The molecule has 3 heteroatoms. The number of nitrogens with zero attached hydrogens (tertiary/aromatic N) is 2. The third-order valence-electron chi connectivity index (χ3n) is 2.87. The number of carbonyl (C=O) groups is 1. The normalized spacial score (nSPS) is 20.5. The maximum atomic E-state index is 11.2. The van der Waals surface area contributed by atoms with Gasteiger partial charge in [-0.1, -0.05) is 0 Å². The van der Waals surface area contributed by atoms with E-state index in [0.29, 0.717) is 0 Å². The van der Waals surface area contributed by atoms with Crippen LogP contribution in [0, 0.1) is 0 Å². The lowest BCUT2D eigenvalue weighted by Crippen LogP contribution is -2.15. The molecule has 0 amide bonds. The van der Waals surface area contributed by atoms with Gasteiger partial charge in [0, 0.05) is 18.2 Å². The minimum Gasteiger partial charge on any atom is -0.298 e. The number of ketones is 1. The van der Waals surface area contributed by atoms with Crippen LogP contribution in [0.3, 0.4) is 0 Å². The van der Waals surface area contributed by atoms with Crippen LogP contribution in [0.4, 0.5) is 0 Å². The zero-order chi connectivity index (χ0) is 10.4. The van der Waals surface area contributed by atoms with Crippen LogP contribution in [0.1, 0.15) is 18.1 Å². The Bertz CT molecular complexity index is 599. The summed E-state index contributed by atoms with van der Waals surface area (Å²) in [6.07, 6.45) is 4.49. The van der Waals surface area contributed by atoms with Crippen molar-refractivity contribution >= 4 is 11.9 Å². The fourth-order valence-corrected chi connectivity index (χ4v) is 2.02. The smallest absolute Gasteiger partial charge is 0.154 e. The molecule has 3 nitrogen and oxygen atoms in total. The highest BCUT2D eigenvalue weighted by Gasteiger charge is 2.20. The Balaban J connectivity index is 2.18. The van der Waals surface area contributed by atoms with Crippen LogP contribution < -0.4 is 10.7 Å². The van der Waals surface area contributed by atoms with Crippen molar-refractivity contribution in [2.75, 3.05) is 0 Å². The van der Waals surface area contributed by atoms with E-state index in [0.717, 1.165) is 28.3 Å². The van der Waals surface area contributed by atoms with Crippen LogP contribution in [0.5, 0.6) is 0 Å². The first-order valence-electron chi connectivity index (χ1n) is 4.99. The Morgan fingerprint density at radius 3 is 3.07 bits per heavy atom. The first-order valence-corrected chi connectivity index (χ1v) is 4.99. The summed E-state index contributed by atoms with van der Waals surface area (Å²) in [6.45, 7) is 1.60. The van der Waals surface area contributed by atoms with Crippen LogP contribution in [0.15, 0.2) is 28.3 Å². The summed E-state index contributed by atoms with van der Waals surface area (Å²) in [5.74, 6) is 0.138. The van der Waals surface area contributed by atoms with Crippen LogP contribution in [-0.4, -0.2) is 11.8 Å². The molecule has 15 heavy (non-hydrogen) atoms. The van der Waals surface area contributed by atoms with Crippen LogP contribution in [0.2, 0.25) is 0 Å². The second kappa shape index (κ2) is 2.86. The average molecular weight is 198 g/mol. The summed E-state index contributed by atoms with van der Waals surface area (Å²) in [5.41, 5.74) is 2.24. The van der Waals surface area contributed by atoms with E-state index in [4.69, 9.17) is 0 Å². The molecule has 1 atom stereocenters. The monoisotopic (exact) mass is 198 g/mol. The second-order valence-corrected chi connectivity index (χ2v) is 3.94. The number of hydrogen-bond donors (Lipinski definition) is 0. The minimum atomic E-state index is -0.175. The van der Waals surface area contributed by atoms with Gasteiger partial charge in [0.2, 0.25) is 0 Å². The number of rotatable bonds is 1. The zero-order valence-electron chi connectivity index (χ0n) is 8.40. The lowest BCUT2D eigenvalue weighted by atomic mass is 10.1. The van der Waals surface area contributed by atoms with Crippen LogP contribution in [0.25, 0.3) is 6.08 Å². The van der Waals surface area contributed by atoms with Crippen molar-refractivity contribution in [3.8, 4) is 0 Å². The fraction of sp³-hybridized carbons (Fsp3) is 0.250. The lowest BCUT2D eigenvalue weighted by molar-refractivity contribution is -0.118. The molecule has 0 fully saturated rings. The molecule has 0 aliphatic carbocycles. The molecule has 2 heterocycles. The molecular formula is C12H10N2O. The summed E-state index contributed by atoms with van der Waals surface area (Å²) in [4.78, 5) is 19.9. The molecule has 0 N–H and O–H groups in total. The highest BCUT2D eigenvalue weighted by Crippen LogP contribution is 2.10. The van der Waals surface area contributed by atoms with Gasteiger partial charge >= 0.3 is 0 Å². The molecule has 1 unspecified atom stereocenters. The van der Waals surface area contributed by atoms with Crippen LogP contribution in [-0.2, 0) is 11.2 Å². The number of carbonyl (C=O) groups excluding carboxylic acids is 1. The number of Topliss-reactive ketones (excluding diaryl/α,β-unsaturated/α-hetero) is 1. The third kappa shape index (κ3) is 1.23. The number of hydrogen-bond acceptors (Lipinski definition) is 3. The van der Waals surface area contributed by atoms with Gasteiger partial charge in [-0.25, -0.2) is 0 Å². The Kier molecular flexibility index (Phi) is 1.63. The molecule has 74 valence electrons. The number of benzene rings is 1. The van der Waals surface area contributed by atoms with Crippen molar-refractivity contribution in [3.05, 3.63) is 40.2 Å². The van der Waals surface area contributed by atoms with E-state index in [1.165, 1.54) is 0 Å². The topological polar surface area (TPSA) is 41.8 Å². The van der Waals surface area contributed by atoms with Crippen molar-refractivity contribution in [2.45, 2.75) is 19.4 Å². The average Bonchev–Trinajstić information content (AvgIpc) is 2.77. The van der Waals surface area contributed by atoms with Gasteiger partial charge in [-0.15, -0.1) is 0 Å². The summed E-state index contributed by atoms with van der Waals surface area (Å²) in [7, 11) is 0. The van der Waals surface area contributed by atoms with Crippen molar-refractivity contribution in [3.63, 3.8) is 0 Å². The van der Waals surface area contributed by atoms with Crippen molar-refractivity contribution in [1.29, 1.82) is 0 Å². The fourth-order valence-electron chi connectivity index (χ4n) is 2.02. The minimum absolute atomic E-state index is 0.138. The van der Waals surface area contributed by atoms with E-state index in [-0.39, 0.29) is 11.8 Å². The molecule has 0 radical (unpaired) electrons. The van der Waals surface area contributed by atoms with E-state index < -0.39 is 0 Å². The molecule has 0 aromatic heterocycles. The molecule has 2 aliphatic rings. The first-order chi connectivity index (χ1) is 7.24. The quantitative estimate of drug-likeness (QED) is 0.645. The standard InChI is InChI=1S/C12H10N2O/c1-7(15)10-5-9-6-11-8(2-3-13-11)4-12(9)14-10/h2-4,6,10H,5H2,1H3. The Hall–Kier alpha value is -1.77. The van der Waals surface area contributed by atoms with Crippen molar-refractivity contribution in [1.82, 2.24) is 0 Å². The first kappa shape index (κ1) is 8.53. The van der Waals surface area contributed by atoms with E-state index in [1.807, 2.05) is 18.2 Å². The molecule has 0 saturated heterocycles. The van der Waals surface area contributed by atoms with Crippen LogP contribution >= 0.6 is 0 Å². The molecule has 0 bridgehead atoms. The SMILES string of the molecule is CC(=O)C1Cc2cc3c(cc2=N1)C=CN=3. The van der Waals surface area contributed by atoms with Gasteiger partial charge in [-0.3, -0.25) is 14.8 Å². The maximum Gasteiger partial charge on any atom is 0.154 e. The van der Waals surface area contributed by atoms with Crippen molar-refractivity contribution < 1.29 is 4.79 Å². The predicted molar refractivity (Wildman–Crippen MR) is 56.0 cm³/mol. The van der Waals surface area contributed by atoms with E-state index in [9.17, 15) is 4.79 Å². The van der Waals surface area contributed by atoms with Gasteiger partial charge < -0.3 is 0 Å². The predicted octanol–water partition coefficient (Wildman–Crippen LogP) is 0.424. The van der Waals surface area contributed by atoms with Gasteiger partial charge in [0.1, 0.15) is 6.04 Å². The lowest BCUT2D eigenvalue weighted by Gasteiger charge is -1.98. The molecule has 1 aromatic rings. The van der Waals surface area contributed by atoms with E-state index >= 15 is 0 Å². The summed E-state index contributed by atoms with van der Waals surface area (Å²) >= 11 is 0. The Labute approximate surface area is 86.9 Å². The Morgan fingerprint density at radius 2 is 2.27 bits per heavy atom. The third-order valence-corrected chi connectivity index (χ3v) is 2.87. The van der Waals surface area contributed by atoms with Gasteiger partial charge in [0.05, 0.1) is 10.7 Å². The second-order valence-electron chi connectivity index (χ2n) is 3.94. The van der Waals surface area contributed by atoms with Gasteiger partial charge in [0.15, 0.2) is 5.78 Å².